The molecule has 2 aliphatic heterocycles. The van der Waals surface area contributed by atoms with E-state index in [2.05, 4.69) is 57.0 Å². The van der Waals surface area contributed by atoms with Gasteiger partial charge < -0.3 is 9.64 Å². The van der Waals surface area contributed by atoms with E-state index in [0.717, 1.165) is 50.9 Å². The third-order valence-corrected chi connectivity index (χ3v) is 7.60. The summed E-state index contributed by atoms with van der Waals surface area (Å²) in [5, 5.41) is 14.2. The Morgan fingerprint density at radius 3 is 2.31 bits per heavy atom. The Hall–Kier alpha value is -3.06. The lowest BCUT2D eigenvalue weighted by molar-refractivity contribution is -0.142. The minimum Gasteiger partial charge on any atom is -0.368 e. The number of amides is 1. The van der Waals surface area contributed by atoms with Crippen molar-refractivity contribution in [3.05, 3.63) is 54.1 Å². The van der Waals surface area contributed by atoms with Crippen LogP contribution in [0.1, 0.15) is 43.6 Å². The molecule has 3 aliphatic rings. The van der Waals surface area contributed by atoms with Crippen molar-refractivity contribution in [3.63, 3.8) is 0 Å². The zero-order chi connectivity index (χ0) is 21.5. The largest absolute Gasteiger partial charge is 0.368 e. The highest BCUT2D eigenvalue weighted by Gasteiger charge is 2.55. The van der Waals surface area contributed by atoms with Gasteiger partial charge in [-0.05, 0) is 65.3 Å². The van der Waals surface area contributed by atoms with Crippen LogP contribution < -0.4 is 0 Å². The van der Waals surface area contributed by atoms with Gasteiger partial charge in [-0.3, -0.25) is 4.79 Å². The van der Waals surface area contributed by atoms with Crippen molar-refractivity contribution >= 4 is 5.91 Å². The number of ether oxygens (including phenoxy) is 1. The molecule has 0 radical (unpaired) electrons. The standard InChI is InChI=1S/C25H27N5O2/c31-24(22-2-1-15-32-22)30-13-11-25(12-14-30)16-21(25)19-7-3-17(4-8-19)18-5-9-20(10-6-18)23-26-28-29-27-23/h3-10,21-22H,1-2,11-16H2,(H,26,27,28,29)/t21-,22?/m1/s1. The quantitative estimate of drug-likeness (QED) is 0.682. The molecule has 2 saturated heterocycles. The Bertz CT molecular complexity index is 1080. The average Bonchev–Trinajstić information content (AvgIpc) is 3.28. The third kappa shape index (κ3) is 3.50. The Morgan fingerprint density at radius 1 is 1.00 bits per heavy atom. The maximum Gasteiger partial charge on any atom is 0.251 e. The second-order valence-electron chi connectivity index (χ2n) is 9.38. The van der Waals surface area contributed by atoms with Gasteiger partial charge in [0.2, 0.25) is 5.82 Å². The molecular formula is C25H27N5O2. The van der Waals surface area contributed by atoms with Crippen LogP contribution in [0.15, 0.2) is 48.5 Å². The van der Waals surface area contributed by atoms with Crippen LogP contribution >= 0.6 is 0 Å². The van der Waals surface area contributed by atoms with E-state index in [9.17, 15) is 4.79 Å². The fourth-order valence-electron chi connectivity index (χ4n) is 5.52. The number of benzene rings is 2. The van der Waals surface area contributed by atoms with E-state index in [0.29, 0.717) is 17.2 Å². The molecule has 7 nitrogen and oxygen atoms in total. The Balaban J connectivity index is 1.09. The maximum absolute atomic E-state index is 12.6. The monoisotopic (exact) mass is 429 g/mol. The summed E-state index contributed by atoms with van der Waals surface area (Å²) >= 11 is 0. The minimum absolute atomic E-state index is 0.187. The van der Waals surface area contributed by atoms with Gasteiger partial charge in [-0.2, -0.15) is 5.21 Å². The van der Waals surface area contributed by atoms with E-state index >= 15 is 0 Å². The SMILES string of the molecule is O=C(C1CCCO1)N1CCC2(CC1)C[C@@H]2c1ccc(-c2ccc(-c3nn[nH]n3)cc2)cc1. The summed E-state index contributed by atoms with van der Waals surface area (Å²) in [5.74, 6) is 1.44. The normalized spacial score (nSPS) is 24.1. The van der Waals surface area contributed by atoms with E-state index in [4.69, 9.17) is 4.74 Å². The highest BCUT2D eigenvalue weighted by molar-refractivity contribution is 5.81. The van der Waals surface area contributed by atoms with E-state index in [-0.39, 0.29) is 12.0 Å². The van der Waals surface area contributed by atoms with Crippen molar-refractivity contribution in [3.8, 4) is 22.5 Å². The maximum atomic E-state index is 12.6. The second kappa shape index (κ2) is 7.81. The van der Waals surface area contributed by atoms with Gasteiger partial charge >= 0.3 is 0 Å². The predicted molar refractivity (Wildman–Crippen MR) is 120 cm³/mol. The van der Waals surface area contributed by atoms with Gasteiger partial charge in [0.15, 0.2) is 0 Å². The van der Waals surface area contributed by atoms with E-state index in [1.54, 1.807) is 0 Å². The Labute approximate surface area is 187 Å². The number of likely N-dealkylation sites (tertiary alicyclic amines) is 1. The molecule has 0 bridgehead atoms. The fraction of sp³-hybridized carbons (Fsp3) is 0.440. The number of piperidine rings is 1. The van der Waals surface area contributed by atoms with Crippen LogP contribution in [0.25, 0.3) is 22.5 Å². The zero-order valence-corrected chi connectivity index (χ0v) is 18.0. The number of carbonyl (C=O) groups excluding carboxylic acids is 1. The van der Waals surface area contributed by atoms with Crippen LogP contribution in [-0.4, -0.2) is 57.2 Å². The molecular weight excluding hydrogens is 402 g/mol. The van der Waals surface area contributed by atoms with Gasteiger partial charge in [0.05, 0.1) is 0 Å². The summed E-state index contributed by atoms with van der Waals surface area (Å²) in [6, 6.07) is 17.3. The van der Waals surface area contributed by atoms with Gasteiger partial charge in [0.25, 0.3) is 5.91 Å². The first-order valence-electron chi connectivity index (χ1n) is 11.6. The number of tetrazole rings is 1. The molecule has 1 unspecified atom stereocenters. The first-order valence-corrected chi connectivity index (χ1v) is 11.6. The molecule has 1 saturated carbocycles. The molecule has 2 atom stereocenters. The summed E-state index contributed by atoms with van der Waals surface area (Å²) in [4.78, 5) is 14.7. The van der Waals surface area contributed by atoms with Crippen LogP contribution in [0.2, 0.25) is 0 Å². The summed E-state index contributed by atoms with van der Waals surface area (Å²) in [7, 11) is 0. The lowest BCUT2D eigenvalue weighted by Gasteiger charge is -2.34. The number of hydrogen-bond acceptors (Lipinski definition) is 5. The van der Waals surface area contributed by atoms with Gasteiger partial charge in [0.1, 0.15) is 6.10 Å². The van der Waals surface area contributed by atoms with Crippen LogP contribution in [0, 0.1) is 5.41 Å². The van der Waals surface area contributed by atoms with Crippen molar-refractivity contribution in [2.75, 3.05) is 19.7 Å². The first-order chi connectivity index (χ1) is 15.7. The Kier molecular flexibility index (Phi) is 4.79. The topological polar surface area (TPSA) is 84.0 Å². The average molecular weight is 430 g/mol. The molecule has 3 aromatic rings. The molecule has 1 spiro atoms. The molecule has 7 heteroatoms. The molecule has 3 fully saturated rings. The molecule has 2 aromatic carbocycles. The number of H-pyrrole nitrogens is 1. The van der Waals surface area contributed by atoms with E-state index in [1.807, 2.05) is 17.0 Å². The lowest BCUT2D eigenvalue weighted by atomic mass is 9.88. The predicted octanol–water partition coefficient (Wildman–Crippen LogP) is 3.81. The minimum atomic E-state index is -0.187. The molecule has 164 valence electrons. The highest BCUT2D eigenvalue weighted by Crippen LogP contribution is 2.65. The number of aromatic nitrogens is 4. The molecule has 6 rings (SSSR count). The van der Waals surface area contributed by atoms with Crippen LogP contribution in [0.3, 0.4) is 0 Å². The first kappa shape index (κ1) is 19.6. The van der Waals surface area contributed by atoms with Crippen molar-refractivity contribution in [2.24, 2.45) is 5.41 Å². The number of nitrogens with zero attached hydrogens (tertiary/aromatic N) is 4. The number of rotatable bonds is 4. The highest BCUT2D eigenvalue weighted by atomic mass is 16.5. The summed E-state index contributed by atoms with van der Waals surface area (Å²) < 4.78 is 5.60. The molecule has 32 heavy (non-hydrogen) atoms. The molecule has 1 aromatic heterocycles. The molecule has 1 amide bonds. The molecule has 1 N–H and O–H groups in total. The number of carbonyl (C=O) groups is 1. The van der Waals surface area contributed by atoms with E-state index < -0.39 is 0 Å². The summed E-state index contributed by atoms with van der Waals surface area (Å²) in [6.07, 6.45) is 5.16. The van der Waals surface area contributed by atoms with Crippen LogP contribution in [-0.2, 0) is 9.53 Å². The van der Waals surface area contributed by atoms with Crippen molar-refractivity contribution in [2.45, 2.75) is 44.1 Å². The summed E-state index contributed by atoms with van der Waals surface area (Å²) in [6.45, 7) is 2.48. The smallest absolute Gasteiger partial charge is 0.251 e. The van der Waals surface area contributed by atoms with Crippen molar-refractivity contribution in [1.82, 2.24) is 25.5 Å². The van der Waals surface area contributed by atoms with Crippen molar-refractivity contribution in [1.29, 1.82) is 0 Å². The van der Waals surface area contributed by atoms with Crippen LogP contribution in [0.4, 0.5) is 0 Å². The van der Waals surface area contributed by atoms with E-state index in [1.165, 1.54) is 23.1 Å². The second-order valence-corrected chi connectivity index (χ2v) is 9.38. The van der Waals surface area contributed by atoms with Gasteiger partial charge in [-0.15, -0.1) is 10.2 Å². The van der Waals surface area contributed by atoms with Gasteiger partial charge in [-0.1, -0.05) is 48.5 Å². The lowest BCUT2D eigenvalue weighted by Crippen LogP contribution is -2.44. The number of hydrogen-bond donors (Lipinski definition) is 1. The van der Waals surface area contributed by atoms with Crippen LogP contribution in [0.5, 0.6) is 0 Å². The van der Waals surface area contributed by atoms with Gasteiger partial charge in [-0.25, -0.2) is 0 Å². The molecule has 3 heterocycles. The zero-order valence-electron chi connectivity index (χ0n) is 18.0. The molecule has 1 aliphatic carbocycles. The van der Waals surface area contributed by atoms with Crippen molar-refractivity contribution < 1.29 is 9.53 Å². The van der Waals surface area contributed by atoms with Gasteiger partial charge in [0, 0.05) is 25.3 Å². The number of nitrogens with one attached hydrogen (secondary N) is 1. The number of aromatic amines is 1. The summed E-state index contributed by atoms with van der Waals surface area (Å²) in [5.41, 5.74) is 5.15. The fourth-order valence-corrected chi connectivity index (χ4v) is 5.52. The Morgan fingerprint density at radius 2 is 1.69 bits per heavy atom. The third-order valence-electron chi connectivity index (χ3n) is 7.60.